The third-order valence-electron chi connectivity index (χ3n) is 4.14. The number of hydrogen-bond acceptors (Lipinski definition) is 9. The third kappa shape index (κ3) is 6.20. The molecule has 1 N–H and O–H groups in total. The van der Waals surface area contributed by atoms with Gasteiger partial charge in [-0.15, -0.1) is 22.7 Å². The Morgan fingerprint density at radius 3 is 2.45 bits per heavy atom. The van der Waals surface area contributed by atoms with Crippen LogP contribution in [0.2, 0.25) is 0 Å². The number of rotatable bonds is 9. The van der Waals surface area contributed by atoms with Gasteiger partial charge in [-0.3, -0.25) is 0 Å². The van der Waals surface area contributed by atoms with Gasteiger partial charge in [-0.2, -0.15) is 0 Å². The summed E-state index contributed by atoms with van der Waals surface area (Å²) in [5, 5.41) is 15.3. The molecule has 0 saturated carbocycles. The SMILES string of the molecule is COC(=O)C=C(OC)C(C)C(C=Cc1csc(-c2csc(C(C)(C)O)n2)n1)OC. The summed E-state index contributed by atoms with van der Waals surface area (Å²) in [7, 11) is 4.41. The Morgan fingerprint density at radius 1 is 1.17 bits per heavy atom. The Bertz CT molecular complexity index is 880. The molecule has 2 aromatic rings. The van der Waals surface area contributed by atoms with Gasteiger partial charge in [0, 0.05) is 23.8 Å². The summed E-state index contributed by atoms with van der Waals surface area (Å²) >= 11 is 2.89. The standard InChI is InChI=1S/C20H26N2O5S2/c1-12(16(26-5)9-17(23)27-6)15(25-4)8-7-13-10-28-18(21-13)14-11-29-19(22-14)20(2,3)24/h7-12,15,24H,1-6H3. The normalized spacial score (nSPS) is 14.8. The Labute approximate surface area is 178 Å². The maximum atomic E-state index is 11.5. The summed E-state index contributed by atoms with van der Waals surface area (Å²) in [6, 6.07) is 0. The lowest BCUT2D eigenvalue weighted by atomic mass is 10.0. The second-order valence-electron chi connectivity index (χ2n) is 6.80. The molecule has 0 aliphatic rings. The molecule has 2 heterocycles. The van der Waals surface area contributed by atoms with E-state index >= 15 is 0 Å². The number of carbonyl (C=O) groups excluding carboxylic acids is 1. The highest BCUT2D eigenvalue weighted by Crippen LogP contribution is 2.30. The molecule has 7 nitrogen and oxygen atoms in total. The molecule has 0 aliphatic heterocycles. The van der Waals surface area contributed by atoms with Gasteiger partial charge in [0.25, 0.3) is 0 Å². The molecular weight excluding hydrogens is 412 g/mol. The van der Waals surface area contributed by atoms with Crippen LogP contribution in [-0.2, 0) is 24.6 Å². The van der Waals surface area contributed by atoms with Gasteiger partial charge >= 0.3 is 5.97 Å². The van der Waals surface area contributed by atoms with Crippen molar-refractivity contribution in [2.45, 2.75) is 32.5 Å². The number of nitrogens with zero attached hydrogens (tertiary/aromatic N) is 2. The van der Waals surface area contributed by atoms with Gasteiger partial charge < -0.3 is 19.3 Å². The van der Waals surface area contributed by atoms with Gasteiger partial charge in [0.1, 0.15) is 27.1 Å². The molecule has 0 saturated heterocycles. The second kappa shape index (κ2) is 10.1. The summed E-state index contributed by atoms with van der Waals surface area (Å²) in [4.78, 5) is 20.6. The number of methoxy groups -OCH3 is 3. The molecular formula is C20H26N2O5S2. The van der Waals surface area contributed by atoms with E-state index in [1.54, 1.807) is 21.0 Å². The van der Waals surface area contributed by atoms with E-state index in [-0.39, 0.29) is 12.0 Å². The van der Waals surface area contributed by atoms with Crippen molar-refractivity contribution < 1.29 is 24.1 Å². The molecule has 0 amide bonds. The van der Waals surface area contributed by atoms with E-state index in [9.17, 15) is 9.90 Å². The lowest BCUT2D eigenvalue weighted by Crippen LogP contribution is -2.21. The van der Waals surface area contributed by atoms with E-state index in [2.05, 4.69) is 14.7 Å². The van der Waals surface area contributed by atoms with E-state index in [1.165, 1.54) is 43.0 Å². The Hall–Kier alpha value is -2.07. The van der Waals surface area contributed by atoms with E-state index < -0.39 is 11.6 Å². The molecule has 0 bridgehead atoms. The van der Waals surface area contributed by atoms with Crippen LogP contribution in [0.3, 0.4) is 0 Å². The van der Waals surface area contributed by atoms with Crippen LogP contribution < -0.4 is 0 Å². The van der Waals surface area contributed by atoms with E-state index in [0.29, 0.717) is 10.8 Å². The van der Waals surface area contributed by atoms with E-state index in [4.69, 9.17) is 9.47 Å². The van der Waals surface area contributed by atoms with Crippen LogP contribution in [0.5, 0.6) is 0 Å². The van der Waals surface area contributed by atoms with Crippen molar-refractivity contribution in [2.24, 2.45) is 5.92 Å². The molecule has 2 aromatic heterocycles. The maximum Gasteiger partial charge on any atom is 0.333 e. The quantitative estimate of drug-likeness (QED) is 0.361. The summed E-state index contributed by atoms with van der Waals surface area (Å²) in [6.45, 7) is 5.32. The predicted octanol–water partition coefficient (Wildman–Crippen LogP) is 3.86. The van der Waals surface area contributed by atoms with Crippen LogP contribution in [0.25, 0.3) is 16.8 Å². The third-order valence-corrected chi connectivity index (χ3v) is 6.17. The van der Waals surface area contributed by atoms with Crippen molar-refractivity contribution in [3.05, 3.63) is 39.4 Å². The smallest absolute Gasteiger partial charge is 0.333 e. The number of ether oxygens (including phenoxy) is 3. The van der Waals surface area contributed by atoms with Crippen LogP contribution in [-0.4, -0.2) is 48.5 Å². The fraction of sp³-hybridized carbons (Fsp3) is 0.450. The van der Waals surface area contributed by atoms with Crippen LogP contribution in [0.1, 0.15) is 31.5 Å². The van der Waals surface area contributed by atoms with Gasteiger partial charge in [-0.25, -0.2) is 14.8 Å². The molecule has 2 unspecified atom stereocenters. The van der Waals surface area contributed by atoms with Crippen LogP contribution in [0, 0.1) is 5.92 Å². The number of aliphatic hydroxyl groups is 1. The molecule has 0 radical (unpaired) electrons. The first-order valence-electron chi connectivity index (χ1n) is 8.88. The van der Waals surface area contributed by atoms with Crippen LogP contribution in [0.15, 0.2) is 28.7 Å². The average Bonchev–Trinajstić information content (AvgIpc) is 3.35. The van der Waals surface area contributed by atoms with Crippen molar-refractivity contribution >= 4 is 34.7 Å². The first-order chi connectivity index (χ1) is 13.7. The largest absolute Gasteiger partial charge is 0.500 e. The van der Waals surface area contributed by atoms with Crippen molar-refractivity contribution in [3.63, 3.8) is 0 Å². The summed E-state index contributed by atoms with van der Waals surface area (Å²) in [6.07, 6.45) is 4.72. The number of hydrogen-bond donors (Lipinski definition) is 1. The number of aromatic nitrogens is 2. The number of carbonyl (C=O) groups is 1. The maximum absolute atomic E-state index is 11.5. The van der Waals surface area contributed by atoms with Crippen LogP contribution in [0.4, 0.5) is 0 Å². The van der Waals surface area contributed by atoms with Crippen molar-refractivity contribution in [3.8, 4) is 10.7 Å². The summed E-state index contributed by atoms with van der Waals surface area (Å²) < 4.78 is 15.5. The highest BCUT2D eigenvalue weighted by atomic mass is 32.1. The van der Waals surface area contributed by atoms with Gasteiger partial charge in [0.15, 0.2) is 0 Å². The number of esters is 1. The van der Waals surface area contributed by atoms with E-state index in [0.717, 1.165) is 16.4 Å². The molecule has 0 spiro atoms. The van der Waals surface area contributed by atoms with Gasteiger partial charge in [0.2, 0.25) is 0 Å². The highest BCUT2D eigenvalue weighted by Gasteiger charge is 2.22. The topological polar surface area (TPSA) is 90.8 Å². The zero-order valence-corrected chi connectivity index (χ0v) is 19.0. The van der Waals surface area contributed by atoms with Gasteiger partial charge in [-0.05, 0) is 19.9 Å². The van der Waals surface area contributed by atoms with E-state index in [1.807, 2.05) is 29.8 Å². The Balaban J connectivity index is 2.15. The lowest BCUT2D eigenvalue weighted by Gasteiger charge is -2.21. The predicted molar refractivity (Wildman–Crippen MR) is 115 cm³/mol. The minimum Gasteiger partial charge on any atom is -0.500 e. The van der Waals surface area contributed by atoms with Crippen molar-refractivity contribution in [1.82, 2.24) is 9.97 Å². The highest BCUT2D eigenvalue weighted by molar-refractivity contribution is 7.14. The molecule has 0 aliphatic carbocycles. The first-order valence-corrected chi connectivity index (χ1v) is 10.6. The monoisotopic (exact) mass is 438 g/mol. The summed E-state index contributed by atoms with van der Waals surface area (Å²) in [5.41, 5.74) is 0.547. The molecule has 2 atom stereocenters. The zero-order chi connectivity index (χ0) is 21.6. The fourth-order valence-electron chi connectivity index (χ4n) is 2.49. The molecule has 0 aromatic carbocycles. The molecule has 158 valence electrons. The van der Waals surface area contributed by atoms with Gasteiger partial charge in [-0.1, -0.05) is 13.0 Å². The zero-order valence-electron chi connectivity index (χ0n) is 17.3. The first kappa shape index (κ1) is 23.2. The molecule has 29 heavy (non-hydrogen) atoms. The Morgan fingerprint density at radius 2 is 1.90 bits per heavy atom. The average molecular weight is 439 g/mol. The van der Waals surface area contributed by atoms with Gasteiger partial charge in [0.05, 0.1) is 32.1 Å². The Kier molecular flexibility index (Phi) is 8.09. The second-order valence-corrected chi connectivity index (χ2v) is 8.51. The van der Waals surface area contributed by atoms with Crippen LogP contribution >= 0.6 is 22.7 Å². The fourth-order valence-corrected chi connectivity index (χ4v) is 4.14. The minimum absolute atomic E-state index is 0.202. The molecule has 2 rings (SSSR count). The van der Waals surface area contributed by atoms with Crippen molar-refractivity contribution in [1.29, 1.82) is 0 Å². The lowest BCUT2D eigenvalue weighted by molar-refractivity contribution is -0.135. The number of thiazole rings is 2. The van der Waals surface area contributed by atoms with Crippen molar-refractivity contribution in [2.75, 3.05) is 21.3 Å². The summed E-state index contributed by atoms with van der Waals surface area (Å²) in [5.74, 6) is -0.217. The molecule has 0 fully saturated rings. The minimum atomic E-state index is -0.971. The molecule has 9 heteroatoms.